The summed E-state index contributed by atoms with van der Waals surface area (Å²) in [5, 5.41) is 13.5. The number of halogens is 1. The van der Waals surface area contributed by atoms with Gasteiger partial charge in [-0.05, 0) is 37.3 Å². The standard InChI is InChI=1S/C18H28N6S.HI/c1-13-16(14(2)23(4)22-13)11-21-18(19-3)20-7-9-24-8-5-17-15(12-24)6-10-25-17;/h6,10H,5,7-9,11-12H2,1-4H3,(H2,19,20,21);1H. The highest BCUT2D eigenvalue weighted by molar-refractivity contribution is 14.0. The number of guanidine groups is 1. The molecule has 3 heterocycles. The average Bonchev–Trinajstić information content (AvgIpc) is 3.16. The van der Waals surface area contributed by atoms with E-state index >= 15 is 0 Å². The van der Waals surface area contributed by atoms with E-state index in [0.29, 0.717) is 0 Å². The van der Waals surface area contributed by atoms with Crippen molar-refractivity contribution < 1.29 is 0 Å². The van der Waals surface area contributed by atoms with Crippen LogP contribution < -0.4 is 10.6 Å². The largest absolute Gasteiger partial charge is 0.355 e. The van der Waals surface area contributed by atoms with Crippen LogP contribution in [0.3, 0.4) is 0 Å². The summed E-state index contributed by atoms with van der Waals surface area (Å²) in [7, 11) is 3.80. The van der Waals surface area contributed by atoms with E-state index in [1.54, 1.807) is 4.88 Å². The van der Waals surface area contributed by atoms with Gasteiger partial charge < -0.3 is 10.6 Å². The lowest BCUT2D eigenvalue weighted by Gasteiger charge is -2.27. The number of hydrogen-bond donors (Lipinski definition) is 2. The van der Waals surface area contributed by atoms with Crippen molar-refractivity contribution in [3.05, 3.63) is 38.8 Å². The molecule has 0 spiro atoms. The van der Waals surface area contributed by atoms with E-state index in [2.05, 4.69) is 50.9 Å². The lowest BCUT2D eigenvalue weighted by molar-refractivity contribution is 0.260. The van der Waals surface area contributed by atoms with Crippen molar-refractivity contribution in [2.45, 2.75) is 33.4 Å². The fourth-order valence-electron chi connectivity index (χ4n) is 3.30. The quantitative estimate of drug-likeness (QED) is 0.386. The fraction of sp³-hybridized carbons (Fsp3) is 0.556. The fourth-order valence-corrected chi connectivity index (χ4v) is 4.19. The van der Waals surface area contributed by atoms with Crippen molar-refractivity contribution in [3.8, 4) is 0 Å². The molecule has 0 saturated heterocycles. The summed E-state index contributed by atoms with van der Waals surface area (Å²) in [6.07, 6.45) is 1.18. The van der Waals surface area contributed by atoms with Crippen LogP contribution in [-0.2, 0) is 26.6 Å². The number of thiophene rings is 1. The molecule has 26 heavy (non-hydrogen) atoms. The molecule has 0 radical (unpaired) electrons. The van der Waals surface area contributed by atoms with E-state index in [4.69, 9.17) is 0 Å². The van der Waals surface area contributed by atoms with Crippen molar-refractivity contribution in [1.82, 2.24) is 25.3 Å². The number of aryl methyl sites for hydroxylation is 2. The highest BCUT2D eigenvalue weighted by atomic mass is 127. The van der Waals surface area contributed by atoms with Crippen molar-refractivity contribution >= 4 is 41.3 Å². The molecular weight excluding hydrogens is 459 g/mol. The van der Waals surface area contributed by atoms with Crippen LogP contribution in [0, 0.1) is 13.8 Å². The van der Waals surface area contributed by atoms with E-state index in [9.17, 15) is 0 Å². The second-order valence-electron chi connectivity index (χ2n) is 6.52. The minimum atomic E-state index is 0. The van der Waals surface area contributed by atoms with Crippen molar-refractivity contribution in [2.75, 3.05) is 26.7 Å². The van der Waals surface area contributed by atoms with Gasteiger partial charge in [-0.1, -0.05) is 0 Å². The van der Waals surface area contributed by atoms with Crippen LogP contribution in [0.15, 0.2) is 16.4 Å². The zero-order chi connectivity index (χ0) is 17.8. The maximum atomic E-state index is 4.46. The summed E-state index contributed by atoms with van der Waals surface area (Å²) in [4.78, 5) is 8.39. The van der Waals surface area contributed by atoms with Gasteiger partial charge in [0.2, 0.25) is 0 Å². The molecule has 0 fully saturated rings. The lowest BCUT2D eigenvalue weighted by Crippen LogP contribution is -2.42. The number of aliphatic imine (C=N–C) groups is 1. The Hall–Kier alpha value is -1.13. The van der Waals surface area contributed by atoms with Gasteiger partial charge in [-0.25, -0.2) is 0 Å². The molecule has 0 unspecified atom stereocenters. The highest BCUT2D eigenvalue weighted by Gasteiger charge is 2.16. The molecule has 144 valence electrons. The summed E-state index contributed by atoms with van der Waals surface area (Å²) in [5.41, 5.74) is 5.01. The SMILES string of the molecule is CN=C(NCCN1CCc2sccc2C1)NCc1c(C)nn(C)c1C.I. The Morgan fingerprint density at radius 3 is 2.85 bits per heavy atom. The summed E-state index contributed by atoms with van der Waals surface area (Å²) < 4.78 is 1.93. The molecule has 0 aliphatic carbocycles. The van der Waals surface area contributed by atoms with Crippen molar-refractivity contribution in [1.29, 1.82) is 0 Å². The normalized spacial score (nSPS) is 14.7. The minimum absolute atomic E-state index is 0. The van der Waals surface area contributed by atoms with Gasteiger partial charge in [0.15, 0.2) is 5.96 Å². The molecule has 2 aromatic rings. The van der Waals surface area contributed by atoms with Gasteiger partial charge >= 0.3 is 0 Å². The zero-order valence-corrected chi connectivity index (χ0v) is 19.1. The minimum Gasteiger partial charge on any atom is -0.355 e. The van der Waals surface area contributed by atoms with Gasteiger partial charge in [0.1, 0.15) is 0 Å². The van der Waals surface area contributed by atoms with E-state index < -0.39 is 0 Å². The van der Waals surface area contributed by atoms with Crippen molar-refractivity contribution in [3.63, 3.8) is 0 Å². The van der Waals surface area contributed by atoms with Gasteiger partial charge in [0.05, 0.1) is 5.69 Å². The molecule has 6 nitrogen and oxygen atoms in total. The van der Waals surface area contributed by atoms with Crippen LogP contribution in [0.5, 0.6) is 0 Å². The summed E-state index contributed by atoms with van der Waals surface area (Å²) in [5.74, 6) is 0.843. The number of hydrogen-bond acceptors (Lipinski definition) is 4. The summed E-state index contributed by atoms with van der Waals surface area (Å²) in [6.45, 7) is 9.03. The molecule has 1 aliphatic rings. The molecule has 1 aliphatic heterocycles. The van der Waals surface area contributed by atoms with Gasteiger partial charge in [0.25, 0.3) is 0 Å². The molecule has 3 rings (SSSR count). The molecule has 8 heteroatoms. The maximum absolute atomic E-state index is 4.46. The summed E-state index contributed by atoms with van der Waals surface area (Å²) >= 11 is 1.89. The third-order valence-corrected chi connectivity index (χ3v) is 5.95. The molecule has 2 aromatic heterocycles. The Bertz CT molecular complexity index is 751. The maximum Gasteiger partial charge on any atom is 0.191 e. The molecule has 0 saturated carbocycles. The third-order valence-electron chi connectivity index (χ3n) is 4.92. The van der Waals surface area contributed by atoms with Gasteiger partial charge in [-0.3, -0.25) is 14.6 Å². The smallest absolute Gasteiger partial charge is 0.191 e. The van der Waals surface area contributed by atoms with Crippen LogP contribution in [0.25, 0.3) is 0 Å². The highest BCUT2D eigenvalue weighted by Crippen LogP contribution is 2.23. The number of fused-ring (bicyclic) bond motifs is 1. The van der Waals surface area contributed by atoms with E-state index in [0.717, 1.165) is 44.4 Å². The molecule has 0 aromatic carbocycles. The number of nitrogens with one attached hydrogen (secondary N) is 2. The predicted molar refractivity (Wildman–Crippen MR) is 120 cm³/mol. The number of nitrogens with zero attached hydrogens (tertiary/aromatic N) is 4. The van der Waals surface area contributed by atoms with Crippen LogP contribution in [0.4, 0.5) is 0 Å². The topological polar surface area (TPSA) is 57.5 Å². The number of aromatic nitrogens is 2. The van der Waals surface area contributed by atoms with Gasteiger partial charge in [-0.15, -0.1) is 35.3 Å². The zero-order valence-electron chi connectivity index (χ0n) is 16.0. The van der Waals surface area contributed by atoms with Gasteiger partial charge in [-0.2, -0.15) is 5.10 Å². The Balaban J connectivity index is 0.00000243. The molecular formula is C18H29IN6S. The third kappa shape index (κ3) is 4.98. The van der Waals surface area contributed by atoms with E-state index in [1.807, 2.05) is 30.1 Å². The number of rotatable bonds is 5. The Morgan fingerprint density at radius 1 is 1.35 bits per heavy atom. The molecule has 0 amide bonds. The first kappa shape index (κ1) is 21.2. The first-order valence-electron chi connectivity index (χ1n) is 8.79. The molecule has 0 atom stereocenters. The van der Waals surface area contributed by atoms with Crippen LogP contribution >= 0.6 is 35.3 Å². The second-order valence-corrected chi connectivity index (χ2v) is 7.52. The Kier molecular flexibility index (Phi) is 7.90. The molecule has 0 bridgehead atoms. The first-order valence-corrected chi connectivity index (χ1v) is 9.67. The van der Waals surface area contributed by atoms with Crippen LogP contribution in [0.2, 0.25) is 0 Å². The summed E-state index contributed by atoms with van der Waals surface area (Å²) in [6, 6.07) is 2.26. The van der Waals surface area contributed by atoms with Crippen LogP contribution in [0.1, 0.15) is 27.4 Å². The first-order chi connectivity index (χ1) is 12.1. The molecule has 2 N–H and O–H groups in total. The monoisotopic (exact) mass is 488 g/mol. The van der Waals surface area contributed by atoms with Crippen molar-refractivity contribution in [2.24, 2.45) is 12.0 Å². The van der Waals surface area contributed by atoms with Gasteiger partial charge in [0, 0.05) is 63.0 Å². The second kappa shape index (κ2) is 9.70. The lowest BCUT2D eigenvalue weighted by atomic mass is 10.1. The predicted octanol–water partition coefficient (Wildman–Crippen LogP) is 2.44. The van der Waals surface area contributed by atoms with E-state index in [1.165, 1.54) is 23.2 Å². The Morgan fingerprint density at radius 2 is 2.15 bits per heavy atom. The Labute approximate surface area is 177 Å². The van der Waals surface area contributed by atoms with Crippen LogP contribution in [-0.4, -0.2) is 47.3 Å². The van der Waals surface area contributed by atoms with E-state index in [-0.39, 0.29) is 24.0 Å². The average molecular weight is 488 g/mol.